The first-order chi connectivity index (χ1) is 21.2. The van der Waals surface area contributed by atoms with Crippen LogP contribution < -0.4 is 0 Å². The summed E-state index contributed by atoms with van der Waals surface area (Å²) < 4.78 is 38.0. The second-order valence-corrected chi connectivity index (χ2v) is 11.2. The van der Waals surface area contributed by atoms with Crippen LogP contribution >= 0.6 is 0 Å². The summed E-state index contributed by atoms with van der Waals surface area (Å²) >= 11 is 0. The van der Waals surface area contributed by atoms with E-state index in [0.29, 0.717) is 0 Å². The molecule has 0 aromatic heterocycles. The molecule has 4 rings (SSSR count). The van der Waals surface area contributed by atoms with Gasteiger partial charge in [-0.3, -0.25) is 0 Å². The predicted molar refractivity (Wildman–Crippen MR) is 134 cm³/mol. The van der Waals surface area contributed by atoms with Crippen LogP contribution in [0.1, 0.15) is 0 Å². The van der Waals surface area contributed by atoms with Crippen molar-refractivity contribution in [3.05, 3.63) is 0 Å². The van der Waals surface area contributed by atoms with Crippen LogP contribution in [0.25, 0.3) is 0 Å². The highest BCUT2D eigenvalue weighted by atomic mass is 16.8. The summed E-state index contributed by atoms with van der Waals surface area (Å²) in [6, 6.07) is 0. The second-order valence-electron chi connectivity index (χ2n) is 11.2. The van der Waals surface area contributed by atoms with Crippen molar-refractivity contribution in [2.75, 3.05) is 26.4 Å². The Morgan fingerprint density at radius 1 is 0.378 bits per heavy atom. The molecule has 21 heteroatoms. The minimum Gasteiger partial charge on any atom is -0.394 e. The lowest BCUT2D eigenvalue weighted by atomic mass is 9.96. The molecule has 4 heterocycles. The van der Waals surface area contributed by atoms with Crippen molar-refractivity contribution in [3.63, 3.8) is 0 Å². The van der Waals surface area contributed by atoms with Crippen molar-refractivity contribution < 1.29 is 105 Å². The highest BCUT2D eigenvalue weighted by molar-refractivity contribution is 4.97. The SMILES string of the molecule is OC[C@H]1O[C@H](OC[C@H]2O[C@H](O[C@H]3[C@H](O)[C@@H](O)[C@@H](O)O[C@@H]3CO)[C@H](O)[C@@H](O)[C@@H]2O[C@H]2O[C@H](CO)[C@@H](O)[C@H](O)[C@H]2O)[C@@H](O)[C@@H](O)[C@@H]1O. The summed E-state index contributed by atoms with van der Waals surface area (Å²) in [5.41, 5.74) is 0. The van der Waals surface area contributed by atoms with Gasteiger partial charge in [-0.15, -0.1) is 0 Å². The van der Waals surface area contributed by atoms with Crippen LogP contribution in [0.3, 0.4) is 0 Å². The standard InChI is InChI=1S/C24H42O21/c25-1-5-9(28)11(30)16(35)22(41-5)39-4-8-20(45-23-17(36)12(31)10(29)6(2-26)42-23)14(33)18(37)24(43-8)44-19-7(3-27)40-21(38)15(34)13(19)32/h5-38H,1-4H2/t5-,6-,7-,8-,9-,10-,11+,12+,13-,14-,15-,16+,17-,18-,19-,20-,21+,22+,23-,24-/m1/s1. The van der Waals surface area contributed by atoms with Gasteiger partial charge >= 0.3 is 0 Å². The molecule has 4 fully saturated rings. The van der Waals surface area contributed by atoms with E-state index in [9.17, 15) is 71.5 Å². The van der Waals surface area contributed by atoms with E-state index in [1.807, 2.05) is 0 Å². The zero-order valence-corrected chi connectivity index (χ0v) is 23.5. The molecule has 4 saturated heterocycles. The first-order valence-electron chi connectivity index (χ1n) is 14.1. The fourth-order valence-corrected chi connectivity index (χ4v) is 5.44. The van der Waals surface area contributed by atoms with Crippen LogP contribution in [0, 0.1) is 0 Å². The Kier molecular flexibility index (Phi) is 12.8. The van der Waals surface area contributed by atoms with Gasteiger partial charge in [0, 0.05) is 0 Å². The average molecular weight is 667 g/mol. The minimum absolute atomic E-state index is 0.761. The van der Waals surface area contributed by atoms with Crippen LogP contribution in [-0.4, -0.2) is 221 Å². The molecule has 264 valence electrons. The molecule has 0 aromatic carbocycles. The van der Waals surface area contributed by atoms with Gasteiger partial charge in [-0.2, -0.15) is 0 Å². The third-order valence-electron chi connectivity index (χ3n) is 8.18. The van der Waals surface area contributed by atoms with Crippen molar-refractivity contribution >= 4 is 0 Å². The lowest BCUT2D eigenvalue weighted by molar-refractivity contribution is -0.383. The first-order valence-corrected chi connectivity index (χ1v) is 14.1. The van der Waals surface area contributed by atoms with E-state index in [0.717, 1.165) is 0 Å². The molecule has 45 heavy (non-hydrogen) atoms. The molecule has 0 amide bonds. The fraction of sp³-hybridized carbons (Fsp3) is 1.00. The summed E-state index contributed by atoms with van der Waals surface area (Å²) in [5, 5.41) is 142. The number of hydrogen-bond donors (Lipinski definition) is 14. The van der Waals surface area contributed by atoms with E-state index < -0.39 is 149 Å². The van der Waals surface area contributed by atoms with Crippen molar-refractivity contribution in [2.24, 2.45) is 0 Å². The topological polar surface area (TPSA) is 348 Å². The molecule has 4 aliphatic heterocycles. The van der Waals surface area contributed by atoms with E-state index >= 15 is 0 Å². The number of hydrogen-bond acceptors (Lipinski definition) is 21. The third-order valence-corrected chi connectivity index (χ3v) is 8.18. The molecular weight excluding hydrogens is 624 g/mol. The molecule has 0 aromatic rings. The summed E-state index contributed by atoms with van der Waals surface area (Å²) in [7, 11) is 0. The van der Waals surface area contributed by atoms with Gasteiger partial charge in [0.2, 0.25) is 0 Å². The Labute approximate surface area is 254 Å². The molecule has 20 atom stereocenters. The lowest BCUT2D eigenvalue weighted by Gasteiger charge is -2.48. The summed E-state index contributed by atoms with van der Waals surface area (Å²) in [6.45, 7) is -3.21. The highest BCUT2D eigenvalue weighted by Crippen LogP contribution is 2.33. The smallest absolute Gasteiger partial charge is 0.187 e. The molecule has 0 radical (unpaired) electrons. The van der Waals surface area contributed by atoms with Crippen molar-refractivity contribution in [1.82, 2.24) is 0 Å². The maximum Gasteiger partial charge on any atom is 0.187 e. The predicted octanol–water partition coefficient (Wildman–Crippen LogP) is -9.75. The molecule has 14 N–H and O–H groups in total. The summed E-state index contributed by atoms with van der Waals surface area (Å²) in [5.74, 6) is 0. The number of aliphatic hydroxyl groups excluding tert-OH is 14. The average Bonchev–Trinajstić information content (AvgIpc) is 3.03. The molecule has 21 nitrogen and oxygen atoms in total. The van der Waals surface area contributed by atoms with Crippen LogP contribution in [0.15, 0.2) is 0 Å². The second kappa shape index (κ2) is 15.6. The fourth-order valence-electron chi connectivity index (χ4n) is 5.44. The van der Waals surface area contributed by atoms with Crippen LogP contribution in [0.4, 0.5) is 0 Å². The molecule has 0 bridgehead atoms. The number of aliphatic hydroxyl groups is 14. The zero-order valence-electron chi connectivity index (χ0n) is 23.5. The Balaban J connectivity index is 1.56. The summed E-state index contributed by atoms with van der Waals surface area (Å²) in [4.78, 5) is 0. The largest absolute Gasteiger partial charge is 0.394 e. The van der Waals surface area contributed by atoms with Crippen molar-refractivity contribution in [1.29, 1.82) is 0 Å². The van der Waals surface area contributed by atoms with Gasteiger partial charge < -0.3 is 105 Å². The first kappa shape index (κ1) is 37.0. The number of rotatable bonds is 10. The molecule has 0 saturated carbocycles. The van der Waals surface area contributed by atoms with E-state index in [2.05, 4.69) is 0 Å². The van der Waals surface area contributed by atoms with Gasteiger partial charge in [-0.05, 0) is 0 Å². The van der Waals surface area contributed by atoms with Gasteiger partial charge in [-0.1, -0.05) is 0 Å². The maximum absolute atomic E-state index is 11.1. The van der Waals surface area contributed by atoms with E-state index in [4.69, 9.17) is 33.2 Å². The molecule has 0 aliphatic carbocycles. The molecular formula is C24H42O21. The van der Waals surface area contributed by atoms with Gasteiger partial charge in [0.1, 0.15) is 97.7 Å². The maximum atomic E-state index is 11.1. The Hall–Kier alpha value is -0.840. The van der Waals surface area contributed by atoms with E-state index in [-0.39, 0.29) is 0 Å². The van der Waals surface area contributed by atoms with Gasteiger partial charge in [-0.25, -0.2) is 0 Å². The van der Waals surface area contributed by atoms with Gasteiger partial charge in [0.25, 0.3) is 0 Å². The minimum atomic E-state index is -2.06. The molecule has 0 unspecified atom stereocenters. The highest BCUT2D eigenvalue weighted by Gasteiger charge is 2.54. The van der Waals surface area contributed by atoms with Crippen LogP contribution in [0.5, 0.6) is 0 Å². The van der Waals surface area contributed by atoms with Crippen LogP contribution in [0.2, 0.25) is 0 Å². The quantitative estimate of drug-likeness (QED) is 0.103. The van der Waals surface area contributed by atoms with Crippen molar-refractivity contribution in [3.8, 4) is 0 Å². The van der Waals surface area contributed by atoms with Gasteiger partial charge in [0.05, 0.1) is 26.4 Å². The Bertz CT molecular complexity index is 912. The van der Waals surface area contributed by atoms with Crippen molar-refractivity contribution in [2.45, 2.75) is 123 Å². The van der Waals surface area contributed by atoms with Gasteiger partial charge in [0.15, 0.2) is 25.2 Å². The third kappa shape index (κ3) is 7.59. The van der Waals surface area contributed by atoms with Crippen LogP contribution in [-0.2, 0) is 33.2 Å². The molecule has 4 aliphatic rings. The van der Waals surface area contributed by atoms with E-state index in [1.54, 1.807) is 0 Å². The Morgan fingerprint density at radius 3 is 1.29 bits per heavy atom. The molecule has 0 spiro atoms. The lowest BCUT2D eigenvalue weighted by Crippen LogP contribution is -2.67. The Morgan fingerprint density at radius 2 is 0.778 bits per heavy atom. The normalized spacial score (nSPS) is 52.9. The summed E-state index contributed by atoms with van der Waals surface area (Å²) in [6.07, 6.45) is -35.6. The monoisotopic (exact) mass is 666 g/mol. The number of ether oxygens (including phenoxy) is 7. The zero-order chi connectivity index (χ0) is 33.3. The van der Waals surface area contributed by atoms with E-state index in [1.165, 1.54) is 0 Å².